The van der Waals surface area contributed by atoms with Gasteiger partial charge in [-0.3, -0.25) is 0 Å². The van der Waals surface area contributed by atoms with Crippen molar-refractivity contribution in [3.05, 3.63) is 0 Å². The van der Waals surface area contributed by atoms with Gasteiger partial charge in [-0.25, -0.2) is 0 Å². The predicted octanol–water partition coefficient (Wildman–Crippen LogP) is 1.82. The van der Waals surface area contributed by atoms with E-state index in [1.54, 1.807) is 0 Å². The van der Waals surface area contributed by atoms with Gasteiger partial charge in [-0.2, -0.15) is 0 Å². The zero-order chi connectivity index (χ0) is 9.14. The molecule has 0 bridgehead atoms. The first kappa shape index (κ1) is 10.0. The number of aliphatic hydroxyl groups is 1. The molecule has 1 aliphatic rings. The molecule has 2 heteroatoms. The second kappa shape index (κ2) is 4.24. The highest BCUT2D eigenvalue weighted by Gasteiger charge is 2.29. The molecule has 1 heterocycles. The highest BCUT2D eigenvalue weighted by molar-refractivity contribution is 4.77. The van der Waals surface area contributed by atoms with Crippen molar-refractivity contribution in [2.75, 3.05) is 6.61 Å². The van der Waals surface area contributed by atoms with Gasteiger partial charge in [0.1, 0.15) is 0 Å². The van der Waals surface area contributed by atoms with Crippen molar-refractivity contribution in [2.24, 2.45) is 11.8 Å². The summed E-state index contributed by atoms with van der Waals surface area (Å²) in [5, 5.41) is 8.98. The van der Waals surface area contributed by atoms with Gasteiger partial charge in [0.25, 0.3) is 0 Å². The fraction of sp³-hybridized carbons (Fsp3) is 1.00. The Morgan fingerprint density at radius 1 is 1.42 bits per heavy atom. The first-order chi connectivity index (χ1) is 5.65. The van der Waals surface area contributed by atoms with Crippen LogP contribution in [0.5, 0.6) is 0 Å². The maximum absolute atomic E-state index is 8.98. The van der Waals surface area contributed by atoms with Crippen molar-refractivity contribution >= 4 is 0 Å². The molecule has 4 unspecified atom stereocenters. The number of rotatable bonds is 3. The van der Waals surface area contributed by atoms with Gasteiger partial charge in [-0.05, 0) is 31.6 Å². The smallest absolute Gasteiger partial charge is 0.0608 e. The molecule has 0 aliphatic carbocycles. The van der Waals surface area contributed by atoms with Crippen LogP contribution in [0.3, 0.4) is 0 Å². The van der Waals surface area contributed by atoms with Crippen LogP contribution in [0.2, 0.25) is 0 Å². The molecule has 4 atom stereocenters. The first-order valence-electron chi connectivity index (χ1n) is 4.91. The lowest BCUT2D eigenvalue weighted by molar-refractivity contribution is 0.000617. The molecule has 0 aromatic rings. The Morgan fingerprint density at radius 3 is 2.50 bits per heavy atom. The fourth-order valence-electron chi connectivity index (χ4n) is 1.75. The normalized spacial score (nSPS) is 35.0. The Hall–Kier alpha value is -0.0800. The van der Waals surface area contributed by atoms with Crippen LogP contribution in [0, 0.1) is 11.8 Å². The van der Waals surface area contributed by atoms with Crippen molar-refractivity contribution in [3.63, 3.8) is 0 Å². The zero-order valence-electron chi connectivity index (χ0n) is 8.29. The van der Waals surface area contributed by atoms with Crippen molar-refractivity contribution < 1.29 is 9.84 Å². The number of hydrogen-bond acceptors (Lipinski definition) is 2. The van der Waals surface area contributed by atoms with Crippen LogP contribution < -0.4 is 0 Å². The van der Waals surface area contributed by atoms with Crippen molar-refractivity contribution in [1.82, 2.24) is 0 Å². The molecule has 1 N–H and O–H groups in total. The number of aliphatic hydroxyl groups excluding tert-OH is 1. The van der Waals surface area contributed by atoms with Gasteiger partial charge in [0.2, 0.25) is 0 Å². The maximum Gasteiger partial charge on any atom is 0.0608 e. The van der Waals surface area contributed by atoms with E-state index < -0.39 is 0 Å². The predicted molar refractivity (Wildman–Crippen MR) is 49.0 cm³/mol. The Bertz CT molecular complexity index is 136. The Labute approximate surface area is 74.9 Å². The van der Waals surface area contributed by atoms with E-state index in [0.717, 1.165) is 6.42 Å². The van der Waals surface area contributed by atoms with E-state index in [9.17, 15) is 0 Å². The molecule has 1 aliphatic heterocycles. The molecule has 1 fully saturated rings. The summed E-state index contributed by atoms with van der Waals surface area (Å²) in [5.41, 5.74) is 0. The second-order valence-electron chi connectivity index (χ2n) is 4.08. The number of ether oxygens (including phenoxy) is 1. The van der Waals surface area contributed by atoms with Gasteiger partial charge in [-0.1, -0.05) is 13.8 Å². The average molecular weight is 172 g/mol. The van der Waals surface area contributed by atoms with Crippen molar-refractivity contribution in [2.45, 2.75) is 45.8 Å². The summed E-state index contributed by atoms with van der Waals surface area (Å²) in [5.74, 6) is 0.847. The van der Waals surface area contributed by atoms with Gasteiger partial charge < -0.3 is 9.84 Å². The summed E-state index contributed by atoms with van der Waals surface area (Å²) in [6.07, 6.45) is 3.13. The molecule has 0 aromatic heterocycles. The maximum atomic E-state index is 8.98. The summed E-state index contributed by atoms with van der Waals surface area (Å²) in [6, 6.07) is 0. The lowest BCUT2D eigenvalue weighted by Crippen LogP contribution is -2.26. The van der Waals surface area contributed by atoms with E-state index in [1.807, 2.05) is 0 Å². The first-order valence-corrected chi connectivity index (χ1v) is 4.91. The third kappa shape index (κ3) is 2.20. The van der Waals surface area contributed by atoms with Crippen LogP contribution in [0.25, 0.3) is 0 Å². The lowest BCUT2D eigenvalue weighted by atomic mass is 9.90. The molecule has 0 saturated carbocycles. The molecule has 0 spiro atoms. The zero-order valence-corrected chi connectivity index (χ0v) is 8.29. The average Bonchev–Trinajstić information content (AvgIpc) is 2.49. The standard InChI is InChI=1S/C10H20O2/c1-7(6-11)9(3)10-5-4-8(2)12-10/h7-11H,4-6H2,1-3H3. The largest absolute Gasteiger partial charge is 0.396 e. The molecule has 0 radical (unpaired) electrons. The van der Waals surface area contributed by atoms with Gasteiger partial charge in [0.15, 0.2) is 0 Å². The molecule has 0 aromatic carbocycles. The molecule has 12 heavy (non-hydrogen) atoms. The molecule has 2 nitrogen and oxygen atoms in total. The fourth-order valence-corrected chi connectivity index (χ4v) is 1.75. The Kier molecular flexibility index (Phi) is 3.53. The minimum Gasteiger partial charge on any atom is -0.396 e. The van der Waals surface area contributed by atoms with Crippen LogP contribution >= 0.6 is 0 Å². The van der Waals surface area contributed by atoms with Gasteiger partial charge >= 0.3 is 0 Å². The van der Waals surface area contributed by atoms with Gasteiger partial charge in [-0.15, -0.1) is 0 Å². The summed E-state index contributed by atoms with van der Waals surface area (Å²) < 4.78 is 5.73. The third-order valence-electron chi connectivity index (χ3n) is 3.04. The Morgan fingerprint density at radius 2 is 2.08 bits per heavy atom. The van der Waals surface area contributed by atoms with Crippen LogP contribution in [-0.2, 0) is 4.74 Å². The van der Waals surface area contributed by atoms with Crippen molar-refractivity contribution in [3.8, 4) is 0 Å². The SMILES string of the molecule is CC1CCC(C(C)C(C)CO)O1. The van der Waals surface area contributed by atoms with Gasteiger partial charge in [0.05, 0.1) is 12.2 Å². The third-order valence-corrected chi connectivity index (χ3v) is 3.04. The van der Waals surface area contributed by atoms with E-state index in [2.05, 4.69) is 20.8 Å². The lowest BCUT2D eigenvalue weighted by Gasteiger charge is -2.24. The minimum absolute atomic E-state index is 0.273. The number of hydrogen-bond donors (Lipinski definition) is 1. The van der Waals surface area contributed by atoms with Crippen LogP contribution in [0.1, 0.15) is 33.6 Å². The molecule has 0 amide bonds. The van der Waals surface area contributed by atoms with Crippen LogP contribution in [0.4, 0.5) is 0 Å². The molecular weight excluding hydrogens is 152 g/mol. The van der Waals surface area contributed by atoms with E-state index >= 15 is 0 Å². The monoisotopic (exact) mass is 172 g/mol. The highest BCUT2D eigenvalue weighted by atomic mass is 16.5. The molecular formula is C10H20O2. The summed E-state index contributed by atoms with van der Waals surface area (Å²) in [7, 11) is 0. The quantitative estimate of drug-likeness (QED) is 0.703. The Balaban J connectivity index is 2.37. The van der Waals surface area contributed by atoms with Crippen LogP contribution in [-0.4, -0.2) is 23.9 Å². The van der Waals surface area contributed by atoms with Crippen LogP contribution in [0.15, 0.2) is 0 Å². The van der Waals surface area contributed by atoms with E-state index in [4.69, 9.17) is 9.84 Å². The van der Waals surface area contributed by atoms with E-state index in [1.165, 1.54) is 6.42 Å². The second-order valence-corrected chi connectivity index (χ2v) is 4.08. The molecule has 72 valence electrons. The molecule has 1 saturated heterocycles. The van der Waals surface area contributed by atoms with E-state index in [-0.39, 0.29) is 6.61 Å². The van der Waals surface area contributed by atoms with Gasteiger partial charge in [0, 0.05) is 6.61 Å². The highest BCUT2D eigenvalue weighted by Crippen LogP contribution is 2.28. The van der Waals surface area contributed by atoms with E-state index in [0.29, 0.717) is 24.0 Å². The summed E-state index contributed by atoms with van der Waals surface area (Å²) >= 11 is 0. The molecule has 1 rings (SSSR count). The van der Waals surface area contributed by atoms with Crippen molar-refractivity contribution in [1.29, 1.82) is 0 Å². The minimum atomic E-state index is 0.273. The summed E-state index contributed by atoms with van der Waals surface area (Å²) in [4.78, 5) is 0. The summed E-state index contributed by atoms with van der Waals surface area (Å²) in [6.45, 7) is 6.65. The topological polar surface area (TPSA) is 29.5 Å².